The Morgan fingerprint density at radius 3 is 2.94 bits per heavy atom. The summed E-state index contributed by atoms with van der Waals surface area (Å²) in [4.78, 5) is 6.55. The molecular formula is C13H16N4O. The molecule has 1 fully saturated rings. The molecule has 2 N–H and O–H groups in total. The number of hydrogen-bond donors (Lipinski definition) is 1. The van der Waals surface area contributed by atoms with Crippen LogP contribution in [0.4, 0.5) is 0 Å². The van der Waals surface area contributed by atoms with Crippen LogP contribution in [0.3, 0.4) is 0 Å². The SMILES string of the molecule is CN1CC(c2cccc(-c3noc(CN)n3)c2)C1. The molecule has 2 heterocycles. The molecule has 1 aliphatic heterocycles. The van der Waals surface area contributed by atoms with Crippen LogP contribution in [0.2, 0.25) is 0 Å². The van der Waals surface area contributed by atoms with Gasteiger partial charge in [0.15, 0.2) is 0 Å². The highest BCUT2D eigenvalue weighted by Gasteiger charge is 2.25. The van der Waals surface area contributed by atoms with Crippen LogP contribution >= 0.6 is 0 Å². The summed E-state index contributed by atoms with van der Waals surface area (Å²) in [6.45, 7) is 2.51. The lowest BCUT2D eigenvalue weighted by molar-refractivity contribution is 0.190. The largest absolute Gasteiger partial charge is 0.338 e. The fourth-order valence-electron chi connectivity index (χ4n) is 2.30. The van der Waals surface area contributed by atoms with E-state index in [0.717, 1.165) is 18.7 Å². The Morgan fingerprint density at radius 1 is 1.44 bits per heavy atom. The van der Waals surface area contributed by atoms with Crippen LogP contribution in [0.25, 0.3) is 11.4 Å². The highest BCUT2D eigenvalue weighted by molar-refractivity contribution is 5.56. The van der Waals surface area contributed by atoms with Gasteiger partial charge in [-0.15, -0.1) is 0 Å². The molecule has 0 atom stereocenters. The quantitative estimate of drug-likeness (QED) is 0.879. The zero-order valence-electron chi connectivity index (χ0n) is 10.3. The summed E-state index contributed by atoms with van der Waals surface area (Å²) in [6, 6.07) is 8.34. The van der Waals surface area contributed by atoms with Crippen molar-refractivity contribution in [1.82, 2.24) is 15.0 Å². The molecule has 5 heteroatoms. The molecule has 2 aromatic rings. The topological polar surface area (TPSA) is 68.2 Å². The monoisotopic (exact) mass is 244 g/mol. The molecule has 0 saturated carbocycles. The number of rotatable bonds is 3. The molecule has 0 unspecified atom stereocenters. The van der Waals surface area contributed by atoms with Crippen LogP contribution in [-0.4, -0.2) is 35.2 Å². The first kappa shape index (κ1) is 11.4. The Labute approximate surface area is 106 Å². The smallest absolute Gasteiger partial charge is 0.240 e. The number of nitrogens with two attached hydrogens (primary N) is 1. The van der Waals surface area contributed by atoms with Crippen molar-refractivity contribution < 1.29 is 4.52 Å². The predicted octanol–water partition coefficient (Wildman–Crippen LogP) is 1.22. The van der Waals surface area contributed by atoms with E-state index in [9.17, 15) is 0 Å². The molecule has 3 rings (SSSR count). The summed E-state index contributed by atoms with van der Waals surface area (Å²) in [5, 5.41) is 3.94. The van der Waals surface area contributed by atoms with E-state index in [1.165, 1.54) is 5.56 Å². The van der Waals surface area contributed by atoms with E-state index in [1.807, 2.05) is 12.1 Å². The second-order valence-electron chi connectivity index (χ2n) is 4.76. The Balaban J connectivity index is 1.86. The van der Waals surface area contributed by atoms with Gasteiger partial charge in [0, 0.05) is 24.6 Å². The van der Waals surface area contributed by atoms with Gasteiger partial charge in [-0.05, 0) is 18.7 Å². The van der Waals surface area contributed by atoms with Crippen molar-refractivity contribution in [1.29, 1.82) is 0 Å². The molecule has 0 radical (unpaired) electrons. The molecule has 0 amide bonds. The van der Waals surface area contributed by atoms with Gasteiger partial charge in [-0.2, -0.15) is 4.98 Å². The average Bonchev–Trinajstić information content (AvgIpc) is 2.84. The summed E-state index contributed by atoms with van der Waals surface area (Å²) in [5.41, 5.74) is 7.79. The third-order valence-corrected chi connectivity index (χ3v) is 3.32. The fraction of sp³-hybridized carbons (Fsp3) is 0.385. The number of likely N-dealkylation sites (tertiary alicyclic amines) is 1. The lowest BCUT2D eigenvalue weighted by Crippen LogP contribution is -2.41. The van der Waals surface area contributed by atoms with Crippen LogP contribution < -0.4 is 5.73 Å². The summed E-state index contributed by atoms with van der Waals surface area (Å²) >= 11 is 0. The van der Waals surface area contributed by atoms with Gasteiger partial charge in [0.05, 0.1) is 6.54 Å². The molecule has 0 bridgehead atoms. The van der Waals surface area contributed by atoms with Crippen molar-refractivity contribution in [3.05, 3.63) is 35.7 Å². The molecule has 5 nitrogen and oxygen atoms in total. The van der Waals surface area contributed by atoms with Crippen molar-refractivity contribution in [2.75, 3.05) is 20.1 Å². The zero-order chi connectivity index (χ0) is 12.5. The summed E-state index contributed by atoms with van der Waals surface area (Å²) < 4.78 is 5.03. The molecule has 1 aromatic carbocycles. The van der Waals surface area contributed by atoms with Gasteiger partial charge in [-0.3, -0.25) is 0 Å². The maximum absolute atomic E-state index is 5.46. The number of likely N-dealkylation sites (N-methyl/N-ethyl adjacent to an activating group) is 1. The Bertz CT molecular complexity index is 545. The third-order valence-electron chi connectivity index (χ3n) is 3.32. The van der Waals surface area contributed by atoms with Crippen molar-refractivity contribution in [2.45, 2.75) is 12.5 Å². The van der Waals surface area contributed by atoms with E-state index >= 15 is 0 Å². The van der Waals surface area contributed by atoms with Gasteiger partial charge in [-0.1, -0.05) is 23.4 Å². The van der Waals surface area contributed by atoms with Crippen LogP contribution in [0, 0.1) is 0 Å². The summed E-state index contributed by atoms with van der Waals surface area (Å²) in [5.74, 6) is 1.71. The number of aromatic nitrogens is 2. The second-order valence-corrected chi connectivity index (χ2v) is 4.76. The minimum absolute atomic E-state index is 0.278. The minimum Gasteiger partial charge on any atom is -0.338 e. The summed E-state index contributed by atoms with van der Waals surface area (Å²) in [6.07, 6.45) is 0. The van der Waals surface area contributed by atoms with Crippen LogP contribution in [0.15, 0.2) is 28.8 Å². The minimum atomic E-state index is 0.278. The first-order valence-corrected chi connectivity index (χ1v) is 6.08. The Hall–Kier alpha value is -1.72. The lowest BCUT2D eigenvalue weighted by Gasteiger charge is -2.36. The first-order valence-electron chi connectivity index (χ1n) is 6.08. The second kappa shape index (κ2) is 4.51. The molecule has 1 aromatic heterocycles. The lowest BCUT2D eigenvalue weighted by atomic mass is 9.91. The van der Waals surface area contributed by atoms with Crippen molar-refractivity contribution in [2.24, 2.45) is 5.73 Å². The van der Waals surface area contributed by atoms with Crippen LogP contribution in [-0.2, 0) is 6.54 Å². The molecule has 1 aliphatic rings. The van der Waals surface area contributed by atoms with Crippen molar-refractivity contribution in [3.63, 3.8) is 0 Å². The fourth-order valence-corrected chi connectivity index (χ4v) is 2.30. The summed E-state index contributed by atoms with van der Waals surface area (Å²) in [7, 11) is 2.13. The van der Waals surface area contributed by atoms with Gasteiger partial charge in [-0.25, -0.2) is 0 Å². The van der Waals surface area contributed by atoms with Gasteiger partial charge >= 0.3 is 0 Å². The molecule has 0 aliphatic carbocycles. The Kier molecular flexibility index (Phi) is 2.85. The van der Waals surface area contributed by atoms with Gasteiger partial charge in [0.2, 0.25) is 11.7 Å². The van der Waals surface area contributed by atoms with Crippen molar-refractivity contribution in [3.8, 4) is 11.4 Å². The van der Waals surface area contributed by atoms with E-state index in [2.05, 4.69) is 34.2 Å². The normalized spacial score (nSPS) is 16.8. The maximum atomic E-state index is 5.46. The van der Waals surface area contributed by atoms with Gasteiger partial charge < -0.3 is 15.2 Å². The maximum Gasteiger partial charge on any atom is 0.240 e. The van der Waals surface area contributed by atoms with Crippen molar-refractivity contribution >= 4 is 0 Å². The van der Waals surface area contributed by atoms with E-state index in [-0.39, 0.29) is 6.54 Å². The van der Waals surface area contributed by atoms with E-state index in [1.54, 1.807) is 0 Å². The van der Waals surface area contributed by atoms with Gasteiger partial charge in [0.25, 0.3) is 0 Å². The molecular weight excluding hydrogens is 228 g/mol. The third kappa shape index (κ3) is 2.02. The zero-order valence-corrected chi connectivity index (χ0v) is 10.3. The van der Waals surface area contributed by atoms with Gasteiger partial charge in [0.1, 0.15) is 0 Å². The number of nitrogens with zero attached hydrogens (tertiary/aromatic N) is 3. The molecule has 94 valence electrons. The van der Waals surface area contributed by atoms with Crippen LogP contribution in [0.1, 0.15) is 17.4 Å². The molecule has 0 spiro atoms. The Morgan fingerprint density at radius 2 is 2.28 bits per heavy atom. The average molecular weight is 244 g/mol. The highest BCUT2D eigenvalue weighted by Crippen LogP contribution is 2.28. The van der Waals surface area contributed by atoms with E-state index < -0.39 is 0 Å². The standard InChI is InChI=1S/C13H16N4O/c1-17-7-11(8-17)9-3-2-4-10(5-9)13-15-12(6-14)18-16-13/h2-5,11H,6-8,14H2,1H3. The van der Waals surface area contributed by atoms with E-state index in [0.29, 0.717) is 17.6 Å². The first-order chi connectivity index (χ1) is 8.76. The van der Waals surface area contributed by atoms with E-state index in [4.69, 9.17) is 10.3 Å². The molecule has 18 heavy (non-hydrogen) atoms. The highest BCUT2D eigenvalue weighted by atomic mass is 16.5. The number of benzene rings is 1. The van der Waals surface area contributed by atoms with Crippen LogP contribution in [0.5, 0.6) is 0 Å². The predicted molar refractivity (Wildman–Crippen MR) is 67.9 cm³/mol. The number of hydrogen-bond acceptors (Lipinski definition) is 5. The molecule has 1 saturated heterocycles.